The maximum absolute atomic E-state index is 12.2. The summed E-state index contributed by atoms with van der Waals surface area (Å²) in [6.07, 6.45) is 4.54. The largest absolute Gasteiger partial charge is 0.472 e. The van der Waals surface area contributed by atoms with Crippen LogP contribution in [0.25, 0.3) is 0 Å². The summed E-state index contributed by atoms with van der Waals surface area (Å²) in [5, 5.41) is 13.5. The van der Waals surface area contributed by atoms with E-state index in [0.29, 0.717) is 36.7 Å². The molecular formula is C18H19N3O5. The van der Waals surface area contributed by atoms with E-state index in [1.54, 1.807) is 11.0 Å². The van der Waals surface area contributed by atoms with Crippen LogP contribution in [0.3, 0.4) is 0 Å². The monoisotopic (exact) mass is 357 g/mol. The molecule has 0 aliphatic carbocycles. The molecule has 0 bridgehead atoms. The van der Waals surface area contributed by atoms with Crippen LogP contribution in [0, 0.1) is 16.0 Å². The van der Waals surface area contributed by atoms with Gasteiger partial charge in [0.05, 0.1) is 16.7 Å². The lowest BCUT2D eigenvalue weighted by molar-refractivity contribution is -0.384. The van der Waals surface area contributed by atoms with Crippen LogP contribution in [-0.2, 0) is 0 Å². The molecule has 1 saturated heterocycles. The molecule has 1 N–H and O–H groups in total. The van der Waals surface area contributed by atoms with Gasteiger partial charge >= 0.3 is 0 Å². The number of nitrogens with zero attached hydrogens (tertiary/aromatic N) is 2. The van der Waals surface area contributed by atoms with E-state index in [9.17, 15) is 19.7 Å². The van der Waals surface area contributed by atoms with Crippen LogP contribution in [0.15, 0.2) is 47.3 Å². The van der Waals surface area contributed by atoms with Gasteiger partial charge in [-0.05, 0) is 37.0 Å². The Kier molecular flexibility index (Phi) is 5.31. The van der Waals surface area contributed by atoms with E-state index < -0.39 is 4.92 Å². The normalized spacial score (nSPS) is 14.8. The molecule has 2 heterocycles. The Morgan fingerprint density at radius 1 is 1.15 bits per heavy atom. The highest BCUT2D eigenvalue weighted by Crippen LogP contribution is 2.19. The Bertz CT molecular complexity index is 778. The predicted molar refractivity (Wildman–Crippen MR) is 92.8 cm³/mol. The molecule has 1 aromatic heterocycles. The number of piperidine rings is 1. The fourth-order valence-electron chi connectivity index (χ4n) is 2.98. The first-order chi connectivity index (χ1) is 12.5. The van der Waals surface area contributed by atoms with E-state index in [-0.39, 0.29) is 17.5 Å². The van der Waals surface area contributed by atoms with Crippen molar-refractivity contribution in [2.24, 2.45) is 5.92 Å². The predicted octanol–water partition coefficient (Wildman–Crippen LogP) is 2.47. The molecule has 0 radical (unpaired) electrons. The highest BCUT2D eigenvalue weighted by atomic mass is 16.6. The zero-order valence-electron chi connectivity index (χ0n) is 14.1. The van der Waals surface area contributed by atoms with Gasteiger partial charge < -0.3 is 14.6 Å². The number of carbonyl (C=O) groups excluding carboxylic acids is 2. The van der Waals surface area contributed by atoms with Gasteiger partial charge in [-0.15, -0.1) is 0 Å². The van der Waals surface area contributed by atoms with Crippen molar-refractivity contribution < 1.29 is 18.9 Å². The van der Waals surface area contributed by atoms with Crippen molar-refractivity contribution in [3.05, 3.63) is 64.1 Å². The fraction of sp³-hybridized carbons (Fsp3) is 0.333. The summed E-state index contributed by atoms with van der Waals surface area (Å²) in [6.45, 7) is 1.80. The highest BCUT2D eigenvalue weighted by Gasteiger charge is 2.24. The Balaban J connectivity index is 1.45. The summed E-state index contributed by atoms with van der Waals surface area (Å²) >= 11 is 0. The third kappa shape index (κ3) is 4.08. The number of carbonyl (C=O) groups is 2. The Hall–Kier alpha value is -3.16. The van der Waals surface area contributed by atoms with Crippen LogP contribution in [-0.4, -0.2) is 41.3 Å². The first-order valence-electron chi connectivity index (χ1n) is 8.38. The van der Waals surface area contributed by atoms with Crippen LogP contribution in [0.1, 0.15) is 33.6 Å². The van der Waals surface area contributed by atoms with Crippen molar-refractivity contribution in [1.82, 2.24) is 10.2 Å². The smallest absolute Gasteiger partial charge is 0.269 e. The second-order valence-electron chi connectivity index (χ2n) is 6.26. The van der Waals surface area contributed by atoms with Gasteiger partial charge in [0.1, 0.15) is 6.26 Å². The van der Waals surface area contributed by atoms with Crippen molar-refractivity contribution in [3.8, 4) is 0 Å². The van der Waals surface area contributed by atoms with Gasteiger partial charge in [0.2, 0.25) is 0 Å². The van der Waals surface area contributed by atoms with Crippen molar-refractivity contribution >= 4 is 17.5 Å². The Morgan fingerprint density at radius 3 is 2.42 bits per heavy atom. The topological polar surface area (TPSA) is 106 Å². The molecule has 1 aromatic carbocycles. The molecule has 8 heteroatoms. The third-order valence-corrected chi connectivity index (χ3v) is 4.56. The quantitative estimate of drug-likeness (QED) is 0.653. The molecule has 1 aliphatic rings. The summed E-state index contributed by atoms with van der Waals surface area (Å²) in [6, 6.07) is 7.17. The number of non-ortho nitro benzene ring substituents is 1. The number of rotatable bonds is 5. The number of nitrogens with one attached hydrogen (secondary N) is 1. The first kappa shape index (κ1) is 17.7. The number of hydrogen-bond acceptors (Lipinski definition) is 5. The minimum atomic E-state index is -0.500. The molecule has 0 unspecified atom stereocenters. The van der Waals surface area contributed by atoms with Crippen LogP contribution in [0.2, 0.25) is 0 Å². The van der Waals surface area contributed by atoms with Crippen molar-refractivity contribution in [3.63, 3.8) is 0 Å². The van der Waals surface area contributed by atoms with Crippen molar-refractivity contribution in [2.75, 3.05) is 19.6 Å². The molecule has 0 spiro atoms. The van der Waals surface area contributed by atoms with Gasteiger partial charge in [-0.2, -0.15) is 0 Å². The molecule has 8 nitrogen and oxygen atoms in total. The Morgan fingerprint density at radius 2 is 1.85 bits per heavy atom. The number of nitro benzene ring substituents is 1. The zero-order chi connectivity index (χ0) is 18.5. The molecule has 2 amide bonds. The van der Waals surface area contributed by atoms with E-state index in [1.807, 2.05) is 0 Å². The van der Waals surface area contributed by atoms with Gasteiger partial charge in [-0.1, -0.05) is 0 Å². The number of furan rings is 1. The number of hydrogen-bond donors (Lipinski definition) is 1. The van der Waals surface area contributed by atoms with E-state index in [0.717, 1.165) is 12.8 Å². The average Bonchev–Trinajstić information content (AvgIpc) is 3.21. The van der Waals surface area contributed by atoms with Gasteiger partial charge in [0.15, 0.2) is 0 Å². The minimum absolute atomic E-state index is 0.0351. The Labute approximate surface area is 149 Å². The van der Waals surface area contributed by atoms with E-state index >= 15 is 0 Å². The molecule has 0 saturated carbocycles. The maximum atomic E-state index is 12.2. The van der Waals surface area contributed by atoms with E-state index in [1.165, 1.54) is 36.8 Å². The van der Waals surface area contributed by atoms with Crippen molar-refractivity contribution in [1.29, 1.82) is 0 Å². The second-order valence-corrected chi connectivity index (χ2v) is 6.26. The molecule has 0 atom stereocenters. The zero-order valence-corrected chi connectivity index (χ0v) is 14.1. The minimum Gasteiger partial charge on any atom is -0.472 e. The molecule has 1 aliphatic heterocycles. The summed E-state index contributed by atoms with van der Waals surface area (Å²) in [4.78, 5) is 36.3. The van der Waals surface area contributed by atoms with Gasteiger partial charge in [0, 0.05) is 37.3 Å². The number of likely N-dealkylation sites (tertiary alicyclic amines) is 1. The average molecular weight is 357 g/mol. The molecule has 1 fully saturated rings. The van der Waals surface area contributed by atoms with E-state index in [4.69, 9.17) is 4.42 Å². The fourth-order valence-corrected chi connectivity index (χ4v) is 2.98. The van der Waals surface area contributed by atoms with Crippen molar-refractivity contribution in [2.45, 2.75) is 12.8 Å². The lowest BCUT2D eigenvalue weighted by atomic mass is 9.96. The number of benzene rings is 1. The highest BCUT2D eigenvalue weighted by molar-refractivity contribution is 5.94. The van der Waals surface area contributed by atoms with Crippen LogP contribution >= 0.6 is 0 Å². The van der Waals surface area contributed by atoms with Gasteiger partial charge in [-0.25, -0.2) is 0 Å². The molecule has 136 valence electrons. The van der Waals surface area contributed by atoms with E-state index in [2.05, 4.69) is 5.32 Å². The van der Waals surface area contributed by atoms with Gasteiger partial charge in [-0.3, -0.25) is 19.7 Å². The molecule has 26 heavy (non-hydrogen) atoms. The van der Waals surface area contributed by atoms with Crippen LogP contribution < -0.4 is 5.32 Å². The molecule has 3 rings (SSSR count). The van der Waals surface area contributed by atoms with Gasteiger partial charge in [0.25, 0.3) is 17.5 Å². The standard InChI is InChI=1S/C18H19N3O5/c22-17(14-1-3-16(4-2-14)21(24)25)19-11-13-5-8-20(9-6-13)18(23)15-7-10-26-12-15/h1-4,7,10,12-13H,5-6,8-9,11H2,(H,19,22). The number of nitro groups is 1. The third-order valence-electron chi connectivity index (χ3n) is 4.56. The summed E-state index contributed by atoms with van der Waals surface area (Å²) < 4.78 is 4.94. The summed E-state index contributed by atoms with van der Waals surface area (Å²) in [5.41, 5.74) is 0.898. The van der Waals surface area contributed by atoms with Crippen LogP contribution in [0.4, 0.5) is 5.69 Å². The molecule has 2 aromatic rings. The number of amides is 2. The SMILES string of the molecule is O=C(NCC1CCN(C(=O)c2ccoc2)CC1)c1ccc([N+](=O)[O-])cc1. The lowest BCUT2D eigenvalue weighted by Gasteiger charge is -2.31. The summed E-state index contributed by atoms with van der Waals surface area (Å²) in [7, 11) is 0. The molecular weight excluding hydrogens is 338 g/mol. The lowest BCUT2D eigenvalue weighted by Crippen LogP contribution is -2.41. The van der Waals surface area contributed by atoms with Crippen LogP contribution in [0.5, 0.6) is 0 Å². The first-order valence-corrected chi connectivity index (χ1v) is 8.38. The maximum Gasteiger partial charge on any atom is 0.269 e. The summed E-state index contributed by atoms with van der Waals surface area (Å²) in [5.74, 6) is 0.00862. The second kappa shape index (κ2) is 7.81.